The number of hydrogen-bond acceptors (Lipinski definition) is 2. The number of unbranched alkanes of at least 4 members (excludes halogenated alkanes) is 1. The third-order valence-electron chi connectivity index (χ3n) is 2.74. The van der Waals surface area contributed by atoms with E-state index in [4.69, 9.17) is 22.7 Å². The van der Waals surface area contributed by atoms with E-state index in [1.165, 1.54) is 4.90 Å². The maximum atomic E-state index is 11.7. The van der Waals surface area contributed by atoms with Crippen LogP contribution in [0.15, 0.2) is 18.2 Å². The van der Waals surface area contributed by atoms with E-state index in [0.29, 0.717) is 10.7 Å². The normalized spacial score (nSPS) is 10.1. The van der Waals surface area contributed by atoms with Crippen molar-refractivity contribution in [2.24, 2.45) is 5.73 Å². The molecule has 0 aliphatic carbocycles. The molecule has 6 heteroatoms. The summed E-state index contributed by atoms with van der Waals surface area (Å²) >= 11 is 6.18. The van der Waals surface area contributed by atoms with E-state index in [1.54, 1.807) is 13.1 Å². The maximum Gasteiger partial charge on any atom is 0.328 e. The molecule has 0 saturated heterocycles. The van der Waals surface area contributed by atoms with Crippen LogP contribution in [0.1, 0.15) is 25.3 Å². The first-order valence-electron chi connectivity index (χ1n) is 6.12. The molecule has 0 spiro atoms. The monoisotopic (exact) mass is 282 g/mol. The number of carbonyl (C=O) groups excluding carboxylic acids is 1. The van der Waals surface area contributed by atoms with Gasteiger partial charge in [-0.1, -0.05) is 31.0 Å². The average molecular weight is 283 g/mol. The van der Waals surface area contributed by atoms with Crippen LogP contribution < -0.4 is 16.0 Å². The Morgan fingerprint density at radius 2 is 2.21 bits per heavy atom. The summed E-state index contributed by atoms with van der Waals surface area (Å²) in [5, 5.41) is 9.75. The standard InChI is InChI=1S/C13H19ClN4O/c1-3-4-5-9-6-7-11(10(14)8-9)18(2)13(19)17-12(15)16/h6-8H,3-5H2,1-2H3,(H4,15,16,17,19). The Morgan fingerprint density at radius 3 is 2.74 bits per heavy atom. The number of rotatable bonds is 4. The summed E-state index contributed by atoms with van der Waals surface area (Å²) < 4.78 is 0. The third kappa shape index (κ3) is 4.44. The highest BCUT2D eigenvalue weighted by atomic mass is 35.5. The molecule has 2 amide bonds. The summed E-state index contributed by atoms with van der Waals surface area (Å²) in [7, 11) is 1.57. The second-order valence-electron chi connectivity index (χ2n) is 4.29. The molecule has 104 valence electrons. The summed E-state index contributed by atoms with van der Waals surface area (Å²) in [5.74, 6) is -0.396. The number of benzene rings is 1. The predicted molar refractivity (Wildman–Crippen MR) is 78.9 cm³/mol. The van der Waals surface area contributed by atoms with E-state index in [-0.39, 0.29) is 0 Å². The van der Waals surface area contributed by atoms with Crippen LogP contribution in [-0.2, 0) is 6.42 Å². The lowest BCUT2D eigenvalue weighted by atomic mass is 10.1. The topological polar surface area (TPSA) is 82.2 Å². The van der Waals surface area contributed by atoms with Gasteiger partial charge in [0.15, 0.2) is 5.96 Å². The largest absolute Gasteiger partial charge is 0.370 e. The van der Waals surface area contributed by atoms with Crippen LogP contribution in [-0.4, -0.2) is 19.0 Å². The lowest BCUT2D eigenvalue weighted by molar-refractivity contribution is 0.251. The van der Waals surface area contributed by atoms with Crippen LogP contribution in [0.25, 0.3) is 0 Å². The van der Waals surface area contributed by atoms with Crippen molar-refractivity contribution < 1.29 is 4.79 Å². The number of urea groups is 1. The van der Waals surface area contributed by atoms with Crippen molar-refractivity contribution in [3.05, 3.63) is 28.8 Å². The predicted octanol–water partition coefficient (Wildman–Crippen LogP) is 2.72. The van der Waals surface area contributed by atoms with Crippen LogP contribution in [0.2, 0.25) is 5.02 Å². The second-order valence-corrected chi connectivity index (χ2v) is 4.70. The molecule has 0 bridgehead atoms. The van der Waals surface area contributed by atoms with Crippen molar-refractivity contribution in [3.8, 4) is 0 Å². The molecule has 0 aromatic heterocycles. The molecule has 0 saturated carbocycles. The highest BCUT2D eigenvalue weighted by Crippen LogP contribution is 2.26. The zero-order valence-electron chi connectivity index (χ0n) is 11.2. The molecule has 4 N–H and O–H groups in total. The number of nitrogens with two attached hydrogens (primary N) is 1. The van der Waals surface area contributed by atoms with Crippen molar-refractivity contribution in [2.75, 3.05) is 11.9 Å². The van der Waals surface area contributed by atoms with Crippen molar-refractivity contribution >= 4 is 29.3 Å². The van der Waals surface area contributed by atoms with Crippen molar-refractivity contribution in [2.45, 2.75) is 26.2 Å². The summed E-state index contributed by atoms with van der Waals surface area (Å²) in [6, 6.07) is 5.13. The number of carbonyl (C=O) groups is 1. The molecule has 0 atom stereocenters. The highest BCUT2D eigenvalue weighted by Gasteiger charge is 2.14. The number of guanidine groups is 1. The van der Waals surface area contributed by atoms with Crippen LogP contribution in [0.4, 0.5) is 10.5 Å². The Bertz CT molecular complexity index is 476. The van der Waals surface area contributed by atoms with Gasteiger partial charge in [0.1, 0.15) is 0 Å². The molecular weight excluding hydrogens is 264 g/mol. The Hall–Kier alpha value is -1.75. The fourth-order valence-electron chi connectivity index (χ4n) is 1.67. The van der Waals surface area contributed by atoms with Gasteiger partial charge in [0.25, 0.3) is 0 Å². The van der Waals surface area contributed by atoms with Crippen molar-refractivity contribution in [1.29, 1.82) is 5.41 Å². The van der Waals surface area contributed by atoms with Crippen LogP contribution in [0.3, 0.4) is 0 Å². The van der Waals surface area contributed by atoms with Crippen LogP contribution in [0.5, 0.6) is 0 Å². The van der Waals surface area contributed by atoms with Gasteiger partial charge in [0.05, 0.1) is 10.7 Å². The van der Waals surface area contributed by atoms with E-state index >= 15 is 0 Å². The highest BCUT2D eigenvalue weighted by molar-refractivity contribution is 6.34. The average Bonchev–Trinajstić information content (AvgIpc) is 2.34. The molecule has 0 heterocycles. The number of halogens is 1. The first-order valence-corrected chi connectivity index (χ1v) is 6.50. The zero-order chi connectivity index (χ0) is 14.4. The molecular formula is C13H19ClN4O. The molecule has 1 aromatic rings. The smallest absolute Gasteiger partial charge is 0.328 e. The molecule has 0 radical (unpaired) electrons. The number of amides is 2. The van der Waals surface area contributed by atoms with Gasteiger partial charge in [0.2, 0.25) is 0 Å². The van der Waals surface area contributed by atoms with E-state index in [9.17, 15) is 4.79 Å². The molecule has 0 aliphatic heterocycles. The fraction of sp³-hybridized carbons (Fsp3) is 0.385. The Balaban J connectivity index is 2.83. The number of hydrogen-bond donors (Lipinski definition) is 3. The van der Waals surface area contributed by atoms with Gasteiger partial charge in [0, 0.05) is 7.05 Å². The Kier molecular flexibility index (Phi) is 5.63. The molecule has 1 aromatic carbocycles. The molecule has 19 heavy (non-hydrogen) atoms. The minimum Gasteiger partial charge on any atom is -0.370 e. The summed E-state index contributed by atoms with van der Waals surface area (Å²) in [5.41, 5.74) is 6.85. The van der Waals surface area contributed by atoms with Crippen LogP contribution >= 0.6 is 11.6 Å². The van der Waals surface area contributed by atoms with Crippen LogP contribution in [0, 0.1) is 5.41 Å². The maximum absolute atomic E-state index is 11.7. The lowest BCUT2D eigenvalue weighted by Gasteiger charge is -2.19. The summed E-state index contributed by atoms with van der Waals surface area (Å²) in [6.45, 7) is 2.13. The van der Waals surface area contributed by atoms with Gasteiger partial charge in [-0.25, -0.2) is 4.79 Å². The van der Waals surface area contributed by atoms with Gasteiger partial charge >= 0.3 is 6.03 Å². The molecule has 0 fully saturated rings. The quantitative estimate of drug-likeness (QED) is 0.586. The Morgan fingerprint density at radius 1 is 1.53 bits per heavy atom. The molecule has 0 aliphatic rings. The van der Waals surface area contributed by atoms with Gasteiger partial charge in [-0.3, -0.25) is 15.6 Å². The second kappa shape index (κ2) is 6.99. The molecule has 5 nitrogen and oxygen atoms in total. The SMILES string of the molecule is CCCCc1ccc(N(C)C(=O)NC(=N)N)c(Cl)c1. The lowest BCUT2D eigenvalue weighted by Crippen LogP contribution is -2.43. The van der Waals surface area contributed by atoms with Gasteiger partial charge in [-0.15, -0.1) is 0 Å². The van der Waals surface area contributed by atoms with Crippen molar-refractivity contribution in [1.82, 2.24) is 5.32 Å². The minimum atomic E-state index is -0.490. The summed E-state index contributed by atoms with van der Waals surface area (Å²) in [6.07, 6.45) is 3.20. The number of nitrogens with one attached hydrogen (secondary N) is 2. The summed E-state index contributed by atoms with van der Waals surface area (Å²) in [4.78, 5) is 13.0. The van der Waals surface area contributed by atoms with Crippen molar-refractivity contribution in [3.63, 3.8) is 0 Å². The van der Waals surface area contributed by atoms with E-state index in [2.05, 4.69) is 12.2 Å². The zero-order valence-corrected chi connectivity index (χ0v) is 11.9. The van der Waals surface area contributed by atoms with E-state index < -0.39 is 12.0 Å². The number of anilines is 1. The minimum absolute atomic E-state index is 0.396. The van der Waals surface area contributed by atoms with Gasteiger partial charge in [-0.2, -0.15) is 0 Å². The molecule has 1 rings (SSSR count). The molecule has 0 unspecified atom stereocenters. The first-order chi connectivity index (χ1) is 8.95. The number of nitrogens with zero attached hydrogens (tertiary/aromatic N) is 1. The third-order valence-corrected chi connectivity index (χ3v) is 3.04. The number of aryl methyl sites for hydroxylation is 1. The first kappa shape index (κ1) is 15.3. The Labute approximate surface area is 118 Å². The fourth-order valence-corrected chi connectivity index (χ4v) is 2.00. The van der Waals surface area contributed by atoms with E-state index in [0.717, 1.165) is 24.8 Å². The van der Waals surface area contributed by atoms with Gasteiger partial charge < -0.3 is 5.73 Å². The van der Waals surface area contributed by atoms with Gasteiger partial charge in [-0.05, 0) is 30.5 Å². The van der Waals surface area contributed by atoms with E-state index in [1.807, 2.05) is 12.1 Å².